The Balaban J connectivity index is 1.99. The van der Waals surface area contributed by atoms with Crippen LogP contribution in [0.4, 0.5) is 0 Å². The third-order valence-corrected chi connectivity index (χ3v) is 5.27. The molecule has 20 heavy (non-hydrogen) atoms. The molecule has 110 valence electrons. The third-order valence-electron chi connectivity index (χ3n) is 5.27. The normalized spacial score (nSPS) is 22.0. The highest BCUT2D eigenvalue weighted by atomic mass is 16.3. The van der Waals surface area contributed by atoms with Crippen molar-refractivity contribution >= 4 is 0 Å². The number of phenols is 2. The summed E-state index contributed by atoms with van der Waals surface area (Å²) >= 11 is 0. The first-order chi connectivity index (χ1) is 9.77. The average molecular weight is 274 g/mol. The second-order valence-corrected chi connectivity index (χ2v) is 6.60. The van der Waals surface area contributed by atoms with Crippen molar-refractivity contribution in [2.24, 2.45) is 0 Å². The predicted molar refractivity (Wildman–Crippen MR) is 81.4 cm³/mol. The smallest absolute Gasteiger partial charge is 0.119 e. The molecule has 1 aromatic carbocycles. The Morgan fingerprint density at radius 1 is 0.600 bits per heavy atom. The topological polar surface area (TPSA) is 40.5 Å². The van der Waals surface area contributed by atoms with Crippen molar-refractivity contribution in [3.05, 3.63) is 23.3 Å². The Hall–Kier alpha value is -1.18. The molecule has 2 aliphatic carbocycles. The molecule has 2 fully saturated rings. The van der Waals surface area contributed by atoms with Crippen LogP contribution in [0.25, 0.3) is 0 Å². The van der Waals surface area contributed by atoms with Crippen LogP contribution in [-0.4, -0.2) is 10.2 Å². The van der Waals surface area contributed by atoms with Gasteiger partial charge in [0.1, 0.15) is 11.5 Å². The van der Waals surface area contributed by atoms with Gasteiger partial charge in [-0.2, -0.15) is 0 Å². The molecular weight excluding hydrogens is 248 g/mol. The van der Waals surface area contributed by atoms with E-state index in [4.69, 9.17) is 0 Å². The van der Waals surface area contributed by atoms with Crippen molar-refractivity contribution in [3.8, 4) is 11.5 Å². The summed E-state index contributed by atoms with van der Waals surface area (Å²) in [5.74, 6) is 1.73. The van der Waals surface area contributed by atoms with Gasteiger partial charge in [0.2, 0.25) is 0 Å². The predicted octanol–water partition coefficient (Wildman–Crippen LogP) is 5.19. The molecule has 0 heterocycles. The summed E-state index contributed by atoms with van der Waals surface area (Å²) < 4.78 is 0. The van der Waals surface area contributed by atoms with Gasteiger partial charge in [0.15, 0.2) is 0 Å². The first-order valence-corrected chi connectivity index (χ1v) is 8.32. The highest BCUT2D eigenvalue weighted by Gasteiger charge is 2.28. The van der Waals surface area contributed by atoms with Gasteiger partial charge in [0, 0.05) is 11.1 Å². The molecule has 2 N–H and O–H groups in total. The summed E-state index contributed by atoms with van der Waals surface area (Å²) in [6, 6.07) is 3.37. The molecule has 2 saturated carbocycles. The van der Waals surface area contributed by atoms with Crippen molar-refractivity contribution in [2.45, 2.75) is 76.0 Å². The molecule has 2 heteroatoms. The molecule has 0 saturated heterocycles. The molecule has 2 aliphatic rings. The van der Waals surface area contributed by atoms with E-state index in [1.807, 2.05) is 0 Å². The Bertz CT molecular complexity index is 412. The molecule has 0 atom stereocenters. The minimum atomic E-state index is 0.412. The fraction of sp³-hybridized carbons (Fsp3) is 0.667. The number of aromatic hydroxyl groups is 2. The maximum absolute atomic E-state index is 10.4. The van der Waals surface area contributed by atoms with Gasteiger partial charge in [-0.05, 0) is 49.7 Å². The molecular formula is C18H26O2. The van der Waals surface area contributed by atoms with Gasteiger partial charge in [-0.15, -0.1) is 0 Å². The number of rotatable bonds is 2. The molecule has 0 aliphatic heterocycles. The second-order valence-electron chi connectivity index (χ2n) is 6.60. The zero-order chi connectivity index (χ0) is 13.9. The van der Waals surface area contributed by atoms with Gasteiger partial charge in [-0.25, -0.2) is 0 Å². The van der Waals surface area contributed by atoms with E-state index in [0.717, 1.165) is 36.8 Å². The van der Waals surface area contributed by atoms with Crippen LogP contribution in [0.1, 0.15) is 87.2 Å². The number of benzene rings is 1. The first kappa shape index (κ1) is 13.8. The maximum atomic E-state index is 10.4. The van der Waals surface area contributed by atoms with Crippen LogP contribution in [0, 0.1) is 0 Å². The van der Waals surface area contributed by atoms with E-state index in [9.17, 15) is 10.2 Å². The first-order valence-electron chi connectivity index (χ1n) is 8.32. The van der Waals surface area contributed by atoms with Gasteiger partial charge in [-0.1, -0.05) is 38.5 Å². The minimum Gasteiger partial charge on any atom is -0.508 e. The molecule has 0 bridgehead atoms. The molecule has 0 amide bonds. The van der Waals surface area contributed by atoms with Gasteiger partial charge in [0.25, 0.3) is 0 Å². The molecule has 1 aromatic rings. The van der Waals surface area contributed by atoms with Crippen molar-refractivity contribution < 1.29 is 10.2 Å². The second kappa shape index (κ2) is 6.07. The van der Waals surface area contributed by atoms with Crippen molar-refractivity contribution in [1.29, 1.82) is 0 Å². The van der Waals surface area contributed by atoms with Crippen molar-refractivity contribution in [2.75, 3.05) is 0 Å². The fourth-order valence-corrected chi connectivity index (χ4v) is 4.25. The number of phenolic OH excluding ortho intramolecular Hbond substituents is 2. The van der Waals surface area contributed by atoms with Crippen molar-refractivity contribution in [3.63, 3.8) is 0 Å². The minimum absolute atomic E-state index is 0.412. The molecule has 0 aromatic heterocycles. The SMILES string of the molecule is Oc1ccc(O)c(C2CCCCC2)c1C1CCCCC1. The van der Waals surface area contributed by atoms with Crippen LogP contribution in [0.15, 0.2) is 12.1 Å². The van der Waals surface area contributed by atoms with Crippen LogP contribution in [0.2, 0.25) is 0 Å². The van der Waals surface area contributed by atoms with E-state index < -0.39 is 0 Å². The summed E-state index contributed by atoms with van der Waals surface area (Å²) in [5.41, 5.74) is 2.16. The van der Waals surface area contributed by atoms with E-state index in [0.29, 0.717) is 23.3 Å². The molecule has 3 rings (SSSR count). The summed E-state index contributed by atoms with van der Waals surface area (Å²) in [4.78, 5) is 0. The van der Waals surface area contributed by atoms with E-state index in [1.165, 1.54) is 38.5 Å². The number of hydrogen-bond donors (Lipinski definition) is 2. The van der Waals surface area contributed by atoms with Gasteiger partial charge < -0.3 is 10.2 Å². The number of hydrogen-bond acceptors (Lipinski definition) is 2. The van der Waals surface area contributed by atoms with Crippen LogP contribution < -0.4 is 0 Å². The molecule has 0 radical (unpaired) electrons. The van der Waals surface area contributed by atoms with Crippen molar-refractivity contribution in [1.82, 2.24) is 0 Å². The monoisotopic (exact) mass is 274 g/mol. The molecule has 2 nitrogen and oxygen atoms in total. The lowest BCUT2D eigenvalue weighted by Crippen LogP contribution is -2.12. The lowest BCUT2D eigenvalue weighted by molar-refractivity contribution is 0.381. The van der Waals surface area contributed by atoms with Gasteiger partial charge in [-0.3, -0.25) is 0 Å². The highest BCUT2D eigenvalue weighted by molar-refractivity contribution is 5.51. The lowest BCUT2D eigenvalue weighted by atomic mass is 9.75. The fourth-order valence-electron chi connectivity index (χ4n) is 4.25. The lowest BCUT2D eigenvalue weighted by Gasteiger charge is -2.30. The zero-order valence-corrected chi connectivity index (χ0v) is 12.3. The zero-order valence-electron chi connectivity index (χ0n) is 12.3. The highest BCUT2D eigenvalue weighted by Crippen LogP contribution is 2.47. The Morgan fingerprint density at radius 2 is 0.950 bits per heavy atom. The Labute approximate surface area is 121 Å². The largest absolute Gasteiger partial charge is 0.508 e. The quantitative estimate of drug-likeness (QED) is 0.728. The Kier molecular flexibility index (Phi) is 4.18. The van der Waals surface area contributed by atoms with Crippen LogP contribution >= 0.6 is 0 Å². The van der Waals surface area contributed by atoms with Crippen LogP contribution in [-0.2, 0) is 0 Å². The van der Waals surface area contributed by atoms with E-state index in [-0.39, 0.29) is 0 Å². The van der Waals surface area contributed by atoms with Crippen LogP contribution in [0.5, 0.6) is 11.5 Å². The third kappa shape index (κ3) is 2.65. The molecule has 0 spiro atoms. The van der Waals surface area contributed by atoms with E-state index in [1.54, 1.807) is 12.1 Å². The van der Waals surface area contributed by atoms with Crippen LogP contribution in [0.3, 0.4) is 0 Å². The van der Waals surface area contributed by atoms with E-state index in [2.05, 4.69) is 0 Å². The maximum Gasteiger partial charge on any atom is 0.119 e. The summed E-state index contributed by atoms with van der Waals surface area (Å²) in [6.45, 7) is 0. The van der Waals surface area contributed by atoms with Gasteiger partial charge >= 0.3 is 0 Å². The standard InChI is InChI=1S/C18H26O2/c19-15-11-12-16(20)18(14-9-5-2-6-10-14)17(15)13-7-3-1-4-8-13/h11-14,19-20H,1-10H2. The summed E-state index contributed by atoms with van der Waals surface area (Å²) in [7, 11) is 0. The summed E-state index contributed by atoms with van der Waals surface area (Å²) in [6.07, 6.45) is 12.3. The molecule has 0 unspecified atom stereocenters. The average Bonchev–Trinajstić information content (AvgIpc) is 2.51. The van der Waals surface area contributed by atoms with Gasteiger partial charge in [0.05, 0.1) is 0 Å². The van der Waals surface area contributed by atoms with E-state index >= 15 is 0 Å². The Morgan fingerprint density at radius 3 is 1.30 bits per heavy atom. The summed E-state index contributed by atoms with van der Waals surface area (Å²) in [5, 5.41) is 20.8.